The van der Waals surface area contributed by atoms with Crippen LogP contribution in [0.2, 0.25) is 0 Å². The van der Waals surface area contributed by atoms with E-state index in [9.17, 15) is 14.7 Å². The lowest BCUT2D eigenvalue weighted by molar-refractivity contribution is -0.117. The molecule has 1 N–H and O–H groups in total. The zero-order valence-corrected chi connectivity index (χ0v) is 13.9. The smallest absolute Gasteiger partial charge is 0.294 e. The maximum atomic E-state index is 12.5. The molecule has 0 saturated heterocycles. The molecule has 0 saturated carbocycles. The molecule has 0 unspecified atom stereocenters. The molecule has 1 heterocycles. The molecular weight excluding hydrogens is 358 g/mol. The average Bonchev–Trinajstić information content (AvgIpc) is 2.81. The van der Waals surface area contributed by atoms with E-state index >= 15 is 0 Å². The summed E-state index contributed by atoms with van der Waals surface area (Å²) < 4.78 is 0.883. The number of aliphatic hydroxyl groups is 1. The molecule has 0 aliphatic carbocycles. The molecule has 5 heteroatoms. The van der Waals surface area contributed by atoms with Crippen LogP contribution in [0.25, 0.3) is 0 Å². The summed E-state index contributed by atoms with van der Waals surface area (Å²) in [5.41, 5.74) is 1.52. The van der Waals surface area contributed by atoms with E-state index in [1.807, 2.05) is 42.5 Å². The summed E-state index contributed by atoms with van der Waals surface area (Å²) >= 11 is 3.36. The molecule has 0 aromatic heterocycles. The van der Waals surface area contributed by atoms with Gasteiger partial charge in [-0.3, -0.25) is 14.5 Å². The Morgan fingerprint density at radius 2 is 1.70 bits per heavy atom. The van der Waals surface area contributed by atoms with Crippen LogP contribution in [0.4, 0.5) is 5.69 Å². The fraction of sp³-hybridized carbons (Fsp3) is 0.111. The van der Waals surface area contributed by atoms with Crippen molar-refractivity contribution in [3.8, 4) is 0 Å². The summed E-state index contributed by atoms with van der Waals surface area (Å²) in [5.74, 6) is -1.36. The minimum absolute atomic E-state index is 0.129. The van der Waals surface area contributed by atoms with Crippen LogP contribution < -0.4 is 4.90 Å². The summed E-state index contributed by atoms with van der Waals surface area (Å²) in [6.45, 7) is 1.36. The number of halogens is 1. The molecule has 2 aromatic carbocycles. The molecule has 1 aliphatic rings. The molecule has 0 fully saturated rings. The zero-order chi connectivity index (χ0) is 16.6. The normalized spacial score (nSPS) is 17.7. The number of anilines is 1. The number of amides is 1. The van der Waals surface area contributed by atoms with Crippen LogP contribution in [0.5, 0.6) is 0 Å². The third-order valence-corrected chi connectivity index (χ3v) is 4.34. The molecule has 3 rings (SSSR count). The SMILES string of the molecule is CC(=O)C1=C(O)C(=O)N(c2ccc(Br)cc2)[C@@H]1c1ccccc1. The lowest BCUT2D eigenvalue weighted by atomic mass is 9.96. The molecule has 1 aliphatic heterocycles. The molecule has 2 aromatic rings. The predicted octanol–water partition coefficient (Wildman–Crippen LogP) is 3.94. The number of ketones is 1. The zero-order valence-electron chi connectivity index (χ0n) is 12.4. The van der Waals surface area contributed by atoms with Gasteiger partial charge in [0.05, 0.1) is 11.6 Å². The van der Waals surface area contributed by atoms with Gasteiger partial charge in [-0.05, 0) is 36.8 Å². The number of Topliss-reactive ketones (excluding diaryl/α,β-unsaturated/α-hetero) is 1. The van der Waals surface area contributed by atoms with E-state index in [2.05, 4.69) is 15.9 Å². The Morgan fingerprint density at radius 3 is 2.26 bits per heavy atom. The van der Waals surface area contributed by atoms with E-state index in [-0.39, 0.29) is 11.4 Å². The van der Waals surface area contributed by atoms with E-state index in [0.717, 1.165) is 10.0 Å². The van der Waals surface area contributed by atoms with Gasteiger partial charge in [0.1, 0.15) is 0 Å². The van der Waals surface area contributed by atoms with Crippen LogP contribution in [-0.2, 0) is 9.59 Å². The van der Waals surface area contributed by atoms with Gasteiger partial charge in [0.15, 0.2) is 11.5 Å². The third kappa shape index (κ3) is 2.68. The largest absolute Gasteiger partial charge is 0.503 e. The average molecular weight is 372 g/mol. The first-order chi connectivity index (χ1) is 11.0. The molecule has 1 amide bonds. The van der Waals surface area contributed by atoms with Gasteiger partial charge in [-0.2, -0.15) is 0 Å². The van der Waals surface area contributed by atoms with Crippen LogP contribution >= 0.6 is 15.9 Å². The van der Waals surface area contributed by atoms with Gasteiger partial charge in [0, 0.05) is 10.2 Å². The van der Waals surface area contributed by atoms with Crippen molar-refractivity contribution in [2.75, 3.05) is 4.90 Å². The van der Waals surface area contributed by atoms with Gasteiger partial charge >= 0.3 is 0 Å². The highest BCUT2D eigenvalue weighted by molar-refractivity contribution is 9.10. The molecule has 0 spiro atoms. The van der Waals surface area contributed by atoms with Gasteiger partial charge < -0.3 is 5.11 Å². The second kappa shape index (κ2) is 6.01. The Bertz CT molecular complexity index is 797. The number of aliphatic hydroxyl groups excluding tert-OH is 1. The van der Waals surface area contributed by atoms with E-state index < -0.39 is 17.7 Å². The topological polar surface area (TPSA) is 57.6 Å². The minimum Gasteiger partial charge on any atom is -0.503 e. The van der Waals surface area contributed by atoms with Crippen LogP contribution in [0.1, 0.15) is 18.5 Å². The van der Waals surface area contributed by atoms with E-state index in [1.54, 1.807) is 12.1 Å². The van der Waals surface area contributed by atoms with E-state index in [1.165, 1.54) is 11.8 Å². The Morgan fingerprint density at radius 1 is 1.09 bits per heavy atom. The van der Waals surface area contributed by atoms with Crippen molar-refractivity contribution >= 4 is 33.3 Å². The number of benzene rings is 2. The van der Waals surface area contributed by atoms with Gasteiger partial charge in [-0.1, -0.05) is 46.3 Å². The predicted molar refractivity (Wildman–Crippen MR) is 91.1 cm³/mol. The summed E-state index contributed by atoms with van der Waals surface area (Å²) in [4.78, 5) is 26.0. The van der Waals surface area contributed by atoms with Gasteiger partial charge in [-0.25, -0.2) is 0 Å². The highest BCUT2D eigenvalue weighted by Crippen LogP contribution is 2.40. The van der Waals surface area contributed by atoms with Gasteiger partial charge in [0.2, 0.25) is 0 Å². The quantitative estimate of drug-likeness (QED) is 0.888. The first-order valence-corrected chi connectivity index (χ1v) is 7.88. The number of hydrogen-bond acceptors (Lipinski definition) is 3. The maximum absolute atomic E-state index is 12.5. The van der Waals surface area contributed by atoms with Crippen molar-refractivity contribution < 1.29 is 14.7 Å². The van der Waals surface area contributed by atoms with Crippen LogP contribution in [0.3, 0.4) is 0 Å². The Balaban J connectivity index is 2.16. The van der Waals surface area contributed by atoms with Crippen molar-refractivity contribution in [2.45, 2.75) is 13.0 Å². The monoisotopic (exact) mass is 371 g/mol. The minimum atomic E-state index is -0.623. The Kier molecular flexibility index (Phi) is 4.05. The fourth-order valence-corrected chi connectivity index (χ4v) is 3.05. The van der Waals surface area contributed by atoms with Gasteiger partial charge in [0.25, 0.3) is 5.91 Å². The van der Waals surface area contributed by atoms with E-state index in [0.29, 0.717) is 5.69 Å². The lowest BCUT2D eigenvalue weighted by Crippen LogP contribution is -2.30. The van der Waals surface area contributed by atoms with Crippen molar-refractivity contribution in [3.05, 3.63) is 76.0 Å². The standard InChI is InChI=1S/C18H14BrNO3/c1-11(21)15-16(12-5-3-2-4-6-12)20(18(23)17(15)22)14-9-7-13(19)8-10-14/h2-10,16,22H,1H3/t16-/m1/s1. The summed E-state index contributed by atoms with van der Waals surface area (Å²) in [7, 11) is 0. The number of hydrogen-bond donors (Lipinski definition) is 1. The van der Waals surface area contributed by atoms with Crippen molar-refractivity contribution in [1.29, 1.82) is 0 Å². The maximum Gasteiger partial charge on any atom is 0.294 e. The highest BCUT2D eigenvalue weighted by Gasteiger charge is 2.43. The molecule has 116 valence electrons. The Hall–Kier alpha value is -2.40. The molecular formula is C18H14BrNO3. The summed E-state index contributed by atoms with van der Waals surface area (Å²) in [5, 5.41) is 10.2. The van der Waals surface area contributed by atoms with Gasteiger partial charge in [-0.15, -0.1) is 0 Å². The third-order valence-electron chi connectivity index (χ3n) is 3.81. The number of carbonyl (C=O) groups excluding carboxylic acids is 2. The molecule has 1 atom stereocenters. The van der Waals surface area contributed by atoms with Crippen molar-refractivity contribution in [2.24, 2.45) is 0 Å². The highest BCUT2D eigenvalue weighted by atomic mass is 79.9. The lowest BCUT2D eigenvalue weighted by Gasteiger charge is -2.26. The summed E-state index contributed by atoms with van der Waals surface area (Å²) in [6, 6.07) is 15.8. The first-order valence-electron chi connectivity index (χ1n) is 7.09. The Labute approximate surface area is 142 Å². The molecule has 23 heavy (non-hydrogen) atoms. The van der Waals surface area contributed by atoms with Crippen molar-refractivity contribution in [3.63, 3.8) is 0 Å². The number of carbonyl (C=O) groups is 2. The van der Waals surface area contributed by atoms with E-state index in [4.69, 9.17) is 0 Å². The second-order valence-electron chi connectivity index (χ2n) is 5.28. The van der Waals surface area contributed by atoms with Crippen molar-refractivity contribution in [1.82, 2.24) is 0 Å². The summed E-state index contributed by atoms with van der Waals surface area (Å²) in [6.07, 6.45) is 0. The molecule has 4 nitrogen and oxygen atoms in total. The van der Waals surface area contributed by atoms with Crippen LogP contribution in [0.15, 0.2) is 70.4 Å². The molecule has 0 radical (unpaired) electrons. The van der Waals surface area contributed by atoms with Crippen LogP contribution in [-0.4, -0.2) is 16.8 Å². The molecule has 0 bridgehead atoms. The first kappa shape index (κ1) is 15.5. The second-order valence-corrected chi connectivity index (χ2v) is 6.20. The number of rotatable bonds is 3. The van der Waals surface area contributed by atoms with Crippen LogP contribution in [0, 0.1) is 0 Å². The number of nitrogens with zero attached hydrogens (tertiary/aromatic N) is 1. The fourth-order valence-electron chi connectivity index (χ4n) is 2.78.